The fourth-order valence-corrected chi connectivity index (χ4v) is 3.48. The van der Waals surface area contributed by atoms with E-state index in [2.05, 4.69) is 30.7 Å². The van der Waals surface area contributed by atoms with E-state index in [1.54, 1.807) is 7.05 Å². The van der Waals surface area contributed by atoms with Gasteiger partial charge in [0.05, 0.1) is 0 Å². The molecule has 7 nitrogen and oxygen atoms in total. The monoisotopic (exact) mass is 554 g/mol. The number of benzene rings is 2. The van der Waals surface area contributed by atoms with E-state index in [0.29, 0.717) is 6.54 Å². The highest BCUT2D eigenvalue weighted by atomic mass is 127. The molecule has 1 heterocycles. The first-order valence-electron chi connectivity index (χ1n) is 10.6. The van der Waals surface area contributed by atoms with E-state index in [1.165, 1.54) is 12.1 Å². The molecule has 0 aromatic heterocycles. The highest BCUT2D eigenvalue weighted by molar-refractivity contribution is 14.0. The molecule has 0 bridgehead atoms. The number of carbonyl (C=O) groups excluding carboxylic acids is 1. The highest BCUT2D eigenvalue weighted by Crippen LogP contribution is 2.17. The van der Waals surface area contributed by atoms with Gasteiger partial charge in [-0.05, 0) is 55.8 Å². The van der Waals surface area contributed by atoms with Crippen molar-refractivity contribution in [3.05, 3.63) is 59.9 Å². The van der Waals surface area contributed by atoms with Gasteiger partial charge in [0.1, 0.15) is 5.82 Å². The van der Waals surface area contributed by atoms with E-state index >= 15 is 0 Å². The van der Waals surface area contributed by atoms with Gasteiger partial charge in [-0.1, -0.05) is 12.1 Å². The lowest BCUT2D eigenvalue weighted by atomic mass is 10.2. The van der Waals surface area contributed by atoms with Crippen molar-refractivity contribution in [3.63, 3.8) is 0 Å². The number of nitrogens with one attached hydrogen (secondary N) is 3. The zero-order chi connectivity index (χ0) is 22.2. The normalized spacial score (nSPS) is 14.1. The van der Waals surface area contributed by atoms with Crippen LogP contribution in [-0.4, -0.2) is 56.2 Å². The molecule has 1 saturated heterocycles. The Kier molecular flexibility index (Phi) is 10.0. The fraction of sp³-hybridized carbons (Fsp3) is 0.391. The number of amides is 2. The van der Waals surface area contributed by atoms with Crippen LogP contribution in [0.25, 0.3) is 0 Å². The lowest BCUT2D eigenvalue weighted by Gasteiger charge is -2.37. The molecule has 1 aliphatic rings. The Morgan fingerprint density at radius 1 is 1.03 bits per heavy atom. The van der Waals surface area contributed by atoms with E-state index in [4.69, 9.17) is 0 Å². The van der Waals surface area contributed by atoms with E-state index in [-0.39, 0.29) is 41.9 Å². The number of piperazine rings is 1. The molecule has 9 heteroatoms. The molecule has 0 atom stereocenters. The lowest BCUT2D eigenvalue weighted by Crippen LogP contribution is -2.52. The quantitative estimate of drug-likeness (QED) is 0.298. The third-order valence-electron chi connectivity index (χ3n) is 5.06. The van der Waals surface area contributed by atoms with Crippen molar-refractivity contribution < 1.29 is 9.18 Å². The Labute approximate surface area is 206 Å². The van der Waals surface area contributed by atoms with Crippen LogP contribution in [0.2, 0.25) is 0 Å². The number of halogens is 2. The Hall–Kier alpha value is -2.56. The smallest absolute Gasteiger partial charge is 0.319 e. The van der Waals surface area contributed by atoms with Crippen molar-refractivity contribution >= 4 is 47.3 Å². The lowest BCUT2D eigenvalue weighted by molar-refractivity contribution is 0.250. The molecule has 2 aromatic rings. The fourth-order valence-electron chi connectivity index (χ4n) is 3.48. The summed E-state index contributed by atoms with van der Waals surface area (Å²) < 4.78 is 13.1. The van der Waals surface area contributed by atoms with Crippen LogP contribution in [0, 0.1) is 5.82 Å². The van der Waals surface area contributed by atoms with Crippen LogP contribution in [0.5, 0.6) is 0 Å². The maximum atomic E-state index is 13.1. The van der Waals surface area contributed by atoms with Gasteiger partial charge in [0.25, 0.3) is 0 Å². The van der Waals surface area contributed by atoms with Crippen molar-refractivity contribution in [1.29, 1.82) is 0 Å². The average Bonchev–Trinajstić information content (AvgIpc) is 2.76. The van der Waals surface area contributed by atoms with E-state index < -0.39 is 0 Å². The minimum absolute atomic E-state index is 0. The second kappa shape index (κ2) is 12.5. The number of hydrogen-bond donors (Lipinski definition) is 3. The maximum Gasteiger partial charge on any atom is 0.319 e. The number of anilines is 2. The van der Waals surface area contributed by atoms with Crippen LogP contribution in [0.3, 0.4) is 0 Å². The minimum atomic E-state index is -0.213. The SMILES string of the molecule is CN=C(NCc1ccc(NC(=O)NC(C)C)cc1)N1CCN(c2ccc(F)cc2)CC1.I. The van der Waals surface area contributed by atoms with Crippen molar-refractivity contribution in [2.24, 2.45) is 4.99 Å². The third-order valence-corrected chi connectivity index (χ3v) is 5.06. The largest absolute Gasteiger partial charge is 0.368 e. The van der Waals surface area contributed by atoms with Gasteiger partial charge in [-0.2, -0.15) is 0 Å². The number of nitrogens with zero attached hydrogens (tertiary/aromatic N) is 3. The summed E-state index contributed by atoms with van der Waals surface area (Å²) in [6.45, 7) is 7.86. The molecule has 0 aliphatic carbocycles. The molecule has 2 amide bonds. The molecule has 174 valence electrons. The van der Waals surface area contributed by atoms with Gasteiger partial charge >= 0.3 is 6.03 Å². The summed E-state index contributed by atoms with van der Waals surface area (Å²) in [6, 6.07) is 14.3. The topological polar surface area (TPSA) is 72.0 Å². The molecule has 2 aromatic carbocycles. The maximum absolute atomic E-state index is 13.1. The summed E-state index contributed by atoms with van der Waals surface area (Å²) in [5.41, 5.74) is 2.89. The molecule has 0 radical (unpaired) electrons. The Bertz CT molecular complexity index is 880. The van der Waals surface area contributed by atoms with Crippen molar-refractivity contribution in [1.82, 2.24) is 15.5 Å². The molecule has 32 heavy (non-hydrogen) atoms. The Balaban J connectivity index is 0.00000363. The van der Waals surface area contributed by atoms with Crippen LogP contribution >= 0.6 is 24.0 Å². The summed E-state index contributed by atoms with van der Waals surface area (Å²) in [5, 5.41) is 9.04. The minimum Gasteiger partial charge on any atom is -0.368 e. The number of guanidine groups is 1. The summed E-state index contributed by atoms with van der Waals surface area (Å²) in [5.74, 6) is 0.645. The van der Waals surface area contributed by atoms with E-state index in [0.717, 1.165) is 49.1 Å². The zero-order valence-corrected chi connectivity index (χ0v) is 21.1. The molecule has 0 spiro atoms. The van der Waals surface area contributed by atoms with Crippen LogP contribution < -0.4 is 20.9 Å². The van der Waals surface area contributed by atoms with Gasteiger partial charge in [-0.15, -0.1) is 24.0 Å². The molecule has 3 N–H and O–H groups in total. The predicted octanol–water partition coefficient (Wildman–Crippen LogP) is 3.87. The molecule has 0 unspecified atom stereocenters. The standard InChI is InChI=1S/C23H31FN6O.HI/c1-17(2)27-23(31)28-20-8-4-18(5-9-20)16-26-22(25-3)30-14-12-29(13-15-30)21-10-6-19(24)7-11-21;/h4-11,17H,12-16H2,1-3H3,(H,25,26)(H2,27,28,31);1H. The Morgan fingerprint density at radius 3 is 2.22 bits per heavy atom. The number of rotatable bonds is 5. The molecule has 1 aliphatic heterocycles. The average molecular weight is 554 g/mol. The Morgan fingerprint density at radius 2 is 1.66 bits per heavy atom. The van der Waals surface area contributed by atoms with Crippen LogP contribution in [-0.2, 0) is 6.54 Å². The van der Waals surface area contributed by atoms with E-state index in [9.17, 15) is 9.18 Å². The van der Waals surface area contributed by atoms with Crippen LogP contribution in [0.4, 0.5) is 20.6 Å². The second-order valence-corrected chi connectivity index (χ2v) is 7.80. The van der Waals surface area contributed by atoms with Crippen LogP contribution in [0.15, 0.2) is 53.5 Å². The van der Waals surface area contributed by atoms with E-state index in [1.807, 2.05) is 50.2 Å². The van der Waals surface area contributed by atoms with Gasteiger partial charge in [-0.3, -0.25) is 4.99 Å². The molecular weight excluding hydrogens is 522 g/mol. The first-order valence-corrected chi connectivity index (χ1v) is 10.6. The second-order valence-electron chi connectivity index (χ2n) is 7.80. The zero-order valence-electron chi connectivity index (χ0n) is 18.8. The first-order chi connectivity index (χ1) is 14.9. The summed E-state index contributed by atoms with van der Waals surface area (Å²) >= 11 is 0. The van der Waals surface area contributed by atoms with Gasteiger partial charge in [0.15, 0.2) is 5.96 Å². The summed E-state index contributed by atoms with van der Waals surface area (Å²) in [7, 11) is 1.79. The van der Waals surface area contributed by atoms with Crippen molar-refractivity contribution in [2.45, 2.75) is 26.4 Å². The number of hydrogen-bond acceptors (Lipinski definition) is 3. The van der Waals surface area contributed by atoms with Gasteiger partial charge in [0, 0.05) is 57.2 Å². The molecular formula is C23H32FIN6O. The first kappa shape index (κ1) is 25.7. The van der Waals surface area contributed by atoms with Gasteiger partial charge in [0.2, 0.25) is 0 Å². The molecule has 3 rings (SSSR count). The number of urea groups is 1. The summed E-state index contributed by atoms with van der Waals surface area (Å²) in [6.07, 6.45) is 0. The molecule has 1 fully saturated rings. The van der Waals surface area contributed by atoms with Gasteiger partial charge in [-0.25, -0.2) is 9.18 Å². The molecule has 0 saturated carbocycles. The highest BCUT2D eigenvalue weighted by Gasteiger charge is 2.19. The third kappa shape index (κ3) is 7.54. The van der Waals surface area contributed by atoms with Crippen LogP contribution in [0.1, 0.15) is 19.4 Å². The predicted molar refractivity (Wildman–Crippen MR) is 140 cm³/mol. The number of aliphatic imine (C=N–C) groups is 1. The summed E-state index contributed by atoms with van der Waals surface area (Å²) in [4.78, 5) is 20.7. The van der Waals surface area contributed by atoms with Gasteiger partial charge < -0.3 is 25.8 Å². The van der Waals surface area contributed by atoms with Crippen molar-refractivity contribution in [3.8, 4) is 0 Å². The number of carbonyl (C=O) groups is 1. The van der Waals surface area contributed by atoms with Crippen molar-refractivity contribution in [2.75, 3.05) is 43.4 Å².